The van der Waals surface area contributed by atoms with Crippen molar-refractivity contribution < 1.29 is 19.4 Å². The smallest absolute Gasteiger partial charge is 0.244 e. The minimum absolute atomic E-state index is 0.109. The molecule has 0 aliphatic heterocycles. The molecule has 0 radical (unpaired) electrons. The average molecular weight is 300 g/mol. The monoisotopic (exact) mass is 299 g/mol. The second-order valence-electron chi connectivity index (χ2n) is 4.16. The molecule has 0 aromatic heterocycles. The Labute approximate surface area is 123 Å². The van der Waals surface area contributed by atoms with E-state index in [9.17, 15) is 4.79 Å². The standard InChI is InChI=1S/C14H18ClNO4/c1-9(8-17)16-13(18)5-4-10-6-11(15)14(20-3)12(7-10)19-2/h4-7,9,17H,8H2,1-3H3,(H,16,18)/b5-4+. The van der Waals surface area contributed by atoms with E-state index in [1.165, 1.54) is 20.3 Å². The molecule has 0 bridgehead atoms. The molecule has 1 aromatic rings. The number of benzene rings is 1. The predicted octanol–water partition coefficient (Wildman–Crippen LogP) is 1.87. The number of aliphatic hydroxyl groups is 1. The lowest BCUT2D eigenvalue weighted by atomic mass is 10.2. The van der Waals surface area contributed by atoms with Crippen LogP contribution in [-0.4, -0.2) is 37.9 Å². The molecular formula is C14H18ClNO4. The number of rotatable bonds is 6. The topological polar surface area (TPSA) is 67.8 Å². The Kier molecular flexibility index (Phi) is 6.35. The molecule has 2 N–H and O–H groups in total. The molecule has 20 heavy (non-hydrogen) atoms. The van der Waals surface area contributed by atoms with Gasteiger partial charge in [0.15, 0.2) is 11.5 Å². The zero-order valence-corrected chi connectivity index (χ0v) is 12.4. The van der Waals surface area contributed by atoms with Crippen molar-refractivity contribution in [3.05, 3.63) is 28.8 Å². The number of ether oxygens (including phenoxy) is 2. The number of carbonyl (C=O) groups excluding carboxylic acids is 1. The minimum Gasteiger partial charge on any atom is -0.493 e. The van der Waals surface area contributed by atoms with Gasteiger partial charge in [-0.2, -0.15) is 0 Å². The first-order chi connectivity index (χ1) is 9.51. The maximum absolute atomic E-state index is 11.6. The van der Waals surface area contributed by atoms with Crippen LogP contribution in [0.1, 0.15) is 12.5 Å². The summed E-state index contributed by atoms with van der Waals surface area (Å²) in [7, 11) is 3.01. The van der Waals surface area contributed by atoms with Gasteiger partial charge < -0.3 is 19.9 Å². The average Bonchev–Trinajstić information content (AvgIpc) is 2.44. The van der Waals surface area contributed by atoms with Crippen molar-refractivity contribution in [3.63, 3.8) is 0 Å². The second kappa shape index (κ2) is 7.77. The summed E-state index contributed by atoms with van der Waals surface area (Å²) in [5.41, 5.74) is 0.708. The van der Waals surface area contributed by atoms with E-state index in [0.717, 1.165) is 0 Å². The van der Waals surface area contributed by atoms with Gasteiger partial charge in [-0.05, 0) is 30.7 Å². The Bertz CT molecular complexity index is 502. The maximum Gasteiger partial charge on any atom is 0.244 e. The molecule has 1 unspecified atom stereocenters. The molecule has 1 atom stereocenters. The number of halogens is 1. The first-order valence-corrected chi connectivity index (χ1v) is 6.40. The lowest BCUT2D eigenvalue weighted by Gasteiger charge is -2.10. The van der Waals surface area contributed by atoms with E-state index in [2.05, 4.69) is 5.32 Å². The first-order valence-electron chi connectivity index (χ1n) is 6.02. The summed E-state index contributed by atoms with van der Waals surface area (Å²) in [6.07, 6.45) is 2.97. The molecular weight excluding hydrogens is 282 g/mol. The molecule has 0 aliphatic rings. The highest BCUT2D eigenvalue weighted by atomic mass is 35.5. The number of methoxy groups -OCH3 is 2. The third-order valence-corrected chi connectivity index (χ3v) is 2.83. The van der Waals surface area contributed by atoms with Crippen LogP contribution in [0.15, 0.2) is 18.2 Å². The molecule has 0 heterocycles. The van der Waals surface area contributed by atoms with Crippen molar-refractivity contribution in [2.45, 2.75) is 13.0 Å². The Morgan fingerprint density at radius 3 is 2.70 bits per heavy atom. The Hall–Kier alpha value is -1.72. The number of amides is 1. The summed E-state index contributed by atoms with van der Waals surface area (Å²) in [5, 5.41) is 11.8. The fourth-order valence-corrected chi connectivity index (χ4v) is 1.84. The fourth-order valence-electron chi connectivity index (χ4n) is 1.54. The van der Waals surface area contributed by atoms with Gasteiger partial charge in [0, 0.05) is 12.1 Å². The van der Waals surface area contributed by atoms with Gasteiger partial charge in [-0.1, -0.05) is 11.6 Å². The van der Waals surface area contributed by atoms with Gasteiger partial charge in [0.1, 0.15) is 0 Å². The van der Waals surface area contributed by atoms with Gasteiger partial charge >= 0.3 is 0 Å². The number of nitrogens with one attached hydrogen (secondary N) is 1. The van der Waals surface area contributed by atoms with Gasteiger partial charge in [0.05, 0.1) is 25.8 Å². The molecule has 5 nitrogen and oxygen atoms in total. The zero-order valence-electron chi connectivity index (χ0n) is 11.6. The number of hydrogen-bond acceptors (Lipinski definition) is 4. The molecule has 0 saturated carbocycles. The van der Waals surface area contributed by atoms with Crippen LogP contribution in [0, 0.1) is 0 Å². The van der Waals surface area contributed by atoms with E-state index in [1.807, 2.05) is 0 Å². The van der Waals surface area contributed by atoms with E-state index in [1.54, 1.807) is 25.1 Å². The lowest BCUT2D eigenvalue weighted by molar-refractivity contribution is -0.117. The van der Waals surface area contributed by atoms with Crippen LogP contribution in [0.3, 0.4) is 0 Å². The van der Waals surface area contributed by atoms with Crippen molar-refractivity contribution in [2.75, 3.05) is 20.8 Å². The summed E-state index contributed by atoms with van der Waals surface area (Å²) in [5.74, 6) is 0.644. The Balaban J connectivity index is 2.88. The van der Waals surface area contributed by atoms with Crippen LogP contribution in [0.5, 0.6) is 11.5 Å². The van der Waals surface area contributed by atoms with Crippen LogP contribution < -0.4 is 14.8 Å². The molecule has 1 aromatic carbocycles. The van der Waals surface area contributed by atoms with Crippen molar-refractivity contribution in [3.8, 4) is 11.5 Å². The molecule has 6 heteroatoms. The van der Waals surface area contributed by atoms with Gasteiger partial charge in [-0.3, -0.25) is 4.79 Å². The third kappa shape index (κ3) is 4.43. The van der Waals surface area contributed by atoms with E-state index in [4.69, 9.17) is 26.2 Å². The summed E-state index contributed by atoms with van der Waals surface area (Å²) < 4.78 is 10.3. The molecule has 0 aliphatic carbocycles. The number of aliphatic hydroxyl groups excluding tert-OH is 1. The van der Waals surface area contributed by atoms with Crippen molar-refractivity contribution in [1.29, 1.82) is 0 Å². The molecule has 0 saturated heterocycles. The van der Waals surface area contributed by atoms with Crippen molar-refractivity contribution >= 4 is 23.6 Å². The molecule has 110 valence electrons. The Morgan fingerprint density at radius 2 is 2.15 bits per heavy atom. The van der Waals surface area contributed by atoms with Gasteiger partial charge in [0.2, 0.25) is 5.91 Å². The van der Waals surface area contributed by atoms with Crippen LogP contribution in [0.4, 0.5) is 0 Å². The highest BCUT2D eigenvalue weighted by Crippen LogP contribution is 2.36. The van der Waals surface area contributed by atoms with Gasteiger partial charge in [-0.15, -0.1) is 0 Å². The highest BCUT2D eigenvalue weighted by molar-refractivity contribution is 6.32. The normalized spacial score (nSPS) is 12.2. The van der Waals surface area contributed by atoms with Gasteiger partial charge in [0.25, 0.3) is 0 Å². The van der Waals surface area contributed by atoms with Crippen LogP contribution >= 0.6 is 11.6 Å². The summed E-state index contributed by atoms with van der Waals surface area (Å²) in [6, 6.07) is 3.09. The minimum atomic E-state index is -0.294. The summed E-state index contributed by atoms with van der Waals surface area (Å²) >= 11 is 6.06. The fraction of sp³-hybridized carbons (Fsp3) is 0.357. The Morgan fingerprint density at radius 1 is 1.45 bits per heavy atom. The van der Waals surface area contributed by atoms with E-state index in [-0.39, 0.29) is 18.6 Å². The second-order valence-corrected chi connectivity index (χ2v) is 4.57. The SMILES string of the molecule is COc1cc(/C=C/C(=O)NC(C)CO)cc(Cl)c1OC. The van der Waals surface area contributed by atoms with Crippen molar-refractivity contribution in [2.24, 2.45) is 0 Å². The number of carbonyl (C=O) groups is 1. The highest BCUT2D eigenvalue weighted by Gasteiger charge is 2.10. The van der Waals surface area contributed by atoms with E-state index < -0.39 is 0 Å². The maximum atomic E-state index is 11.6. The van der Waals surface area contributed by atoms with E-state index in [0.29, 0.717) is 22.1 Å². The molecule has 0 spiro atoms. The zero-order chi connectivity index (χ0) is 15.1. The number of hydrogen-bond donors (Lipinski definition) is 2. The van der Waals surface area contributed by atoms with Gasteiger partial charge in [-0.25, -0.2) is 0 Å². The lowest BCUT2D eigenvalue weighted by Crippen LogP contribution is -2.33. The van der Waals surface area contributed by atoms with Crippen LogP contribution in [-0.2, 0) is 4.79 Å². The van der Waals surface area contributed by atoms with Crippen molar-refractivity contribution in [1.82, 2.24) is 5.32 Å². The van der Waals surface area contributed by atoms with E-state index >= 15 is 0 Å². The molecule has 1 rings (SSSR count). The molecule has 1 amide bonds. The summed E-state index contributed by atoms with van der Waals surface area (Å²) in [4.78, 5) is 11.6. The molecule has 0 fully saturated rings. The quantitative estimate of drug-likeness (QED) is 0.787. The predicted molar refractivity (Wildman–Crippen MR) is 78.3 cm³/mol. The van der Waals surface area contributed by atoms with Crippen LogP contribution in [0.25, 0.3) is 6.08 Å². The summed E-state index contributed by atoms with van der Waals surface area (Å²) in [6.45, 7) is 1.60. The largest absolute Gasteiger partial charge is 0.493 e. The first kappa shape index (κ1) is 16.3. The van der Waals surface area contributed by atoms with Crippen LogP contribution in [0.2, 0.25) is 5.02 Å². The third-order valence-electron chi connectivity index (χ3n) is 2.55.